The molecule has 0 aliphatic carbocycles. The van der Waals surface area contributed by atoms with Gasteiger partial charge in [-0.05, 0) is 31.0 Å². The van der Waals surface area contributed by atoms with E-state index in [1.807, 2.05) is 31.2 Å². The van der Waals surface area contributed by atoms with Gasteiger partial charge in [-0.1, -0.05) is 23.7 Å². The van der Waals surface area contributed by atoms with Crippen molar-refractivity contribution in [1.82, 2.24) is 5.32 Å². The van der Waals surface area contributed by atoms with E-state index in [1.165, 1.54) is 0 Å². The molecule has 3 nitrogen and oxygen atoms in total. The summed E-state index contributed by atoms with van der Waals surface area (Å²) < 4.78 is 0. The topological polar surface area (TPSA) is 55.1 Å². The predicted octanol–water partition coefficient (Wildman–Crippen LogP) is 2.08. The van der Waals surface area contributed by atoms with E-state index in [-0.39, 0.29) is 11.9 Å². The lowest BCUT2D eigenvalue weighted by Crippen LogP contribution is -2.25. The minimum absolute atomic E-state index is 0.0345. The van der Waals surface area contributed by atoms with Gasteiger partial charge in [0.05, 0.1) is 0 Å². The van der Waals surface area contributed by atoms with Crippen molar-refractivity contribution in [3.05, 3.63) is 34.9 Å². The molecule has 0 fully saturated rings. The van der Waals surface area contributed by atoms with Crippen LogP contribution in [-0.4, -0.2) is 11.9 Å². The summed E-state index contributed by atoms with van der Waals surface area (Å²) >= 11 is 5.76. The molecule has 0 radical (unpaired) electrons. The smallest absolute Gasteiger partial charge is 0.220 e. The molecule has 1 atom stereocenters. The molecule has 1 amide bonds. The molecular formula is C12H17ClN2O. The van der Waals surface area contributed by atoms with Gasteiger partial charge >= 0.3 is 0 Å². The van der Waals surface area contributed by atoms with E-state index in [9.17, 15) is 4.79 Å². The third-order valence-corrected chi connectivity index (χ3v) is 2.48. The van der Waals surface area contributed by atoms with Gasteiger partial charge in [0.15, 0.2) is 0 Å². The van der Waals surface area contributed by atoms with E-state index < -0.39 is 0 Å². The molecule has 4 heteroatoms. The molecule has 0 aliphatic heterocycles. The number of nitrogens with two attached hydrogens (primary N) is 1. The van der Waals surface area contributed by atoms with E-state index in [0.717, 1.165) is 5.56 Å². The Balaban J connectivity index is 2.29. The fraction of sp³-hybridized carbons (Fsp3) is 0.417. The zero-order chi connectivity index (χ0) is 12.0. The second kappa shape index (κ2) is 6.51. The number of hydrogen-bond donors (Lipinski definition) is 2. The monoisotopic (exact) mass is 240 g/mol. The first kappa shape index (κ1) is 13.0. The Hall–Kier alpha value is -1.06. The minimum Gasteiger partial charge on any atom is -0.352 e. The molecule has 3 N–H and O–H groups in total. The SMILES string of the molecule is CC(N)CCC(=O)NCc1ccc(Cl)cc1. The van der Waals surface area contributed by atoms with Crippen LogP contribution in [0.15, 0.2) is 24.3 Å². The number of benzene rings is 1. The third-order valence-electron chi connectivity index (χ3n) is 2.23. The maximum atomic E-state index is 11.4. The summed E-state index contributed by atoms with van der Waals surface area (Å²) in [5.41, 5.74) is 6.61. The Labute approximate surface area is 101 Å². The van der Waals surface area contributed by atoms with Crippen LogP contribution in [0.25, 0.3) is 0 Å². The number of halogens is 1. The second-order valence-electron chi connectivity index (χ2n) is 3.92. The van der Waals surface area contributed by atoms with Crippen molar-refractivity contribution in [2.24, 2.45) is 5.73 Å². The van der Waals surface area contributed by atoms with Crippen molar-refractivity contribution in [2.45, 2.75) is 32.4 Å². The van der Waals surface area contributed by atoms with Crippen molar-refractivity contribution in [1.29, 1.82) is 0 Å². The lowest BCUT2D eigenvalue weighted by molar-refractivity contribution is -0.121. The molecular weight excluding hydrogens is 224 g/mol. The summed E-state index contributed by atoms with van der Waals surface area (Å²) in [7, 11) is 0. The van der Waals surface area contributed by atoms with E-state index in [4.69, 9.17) is 17.3 Å². The first-order valence-corrected chi connectivity index (χ1v) is 5.72. The molecule has 1 aromatic rings. The van der Waals surface area contributed by atoms with Crippen LogP contribution < -0.4 is 11.1 Å². The number of amides is 1. The maximum Gasteiger partial charge on any atom is 0.220 e. The van der Waals surface area contributed by atoms with Gasteiger partial charge < -0.3 is 11.1 Å². The van der Waals surface area contributed by atoms with Crippen molar-refractivity contribution in [3.63, 3.8) is 0 Å². The summed E-state index contributed by atoms with van der Waals surface area (Å²) in [6.07, 6.45) is 1.19. The summed E-state index contributed by atoms with van der Waals surface area (Å²) in [5, 5.41) is 3.54. The quantitative estimate of drug-likeness (QED) is 0.828. The molecule has 88 valence electrons. The molecule has 0 spiro atoms. The molecule has 0 saturated carbocycles. The Bertz CT molecular complexity index is 335. The number of nitrogens with one attached hydrogen (secondary N) is 1. The molecule has 0 bridgehead atoms. The lowest BCUT2D eigenvalue weighted by Gasteiger charge is -2.07. The van der Waals surface area contributed by atoms with Crippen molar-refractivity contribution in [3.8, 4) is 0 Å². The van der Waals surface area contributed by atoms with E-state index in [2.05, 4.69) is 5.32 Å². The Morgan fingerprint density at radius 3 is 2.62 bits per heavy atom. The number of carbonyl (C=O) groups excluding carboxylic acids is 1. The highest BCUT2D eigenvalue weighted by molar-refractivity contribution is 6.30. The predicted molar refractivity (Wildman–Crippen MR) is 66.2 cm³/mol. The minimum atomic E-state index is 0.0345. The number of rotatable bonds is 5. The van der Waals surface area contributed by atoms with Crippen LogP contribution in [0.3, 0.4) is 0 Å². The average Bonchev–Trinajstić information content (AvgIpc) is 2.25. The standard InChI is InChI=1S/C12H17ClN2O/c1-9(14)2-7-12(16)15-8-10-3-5-11(13)6-4-10/h3-6,9H,2,7-8,14H2,1H3,(H,15,16). The van der Waals surface area contributed by atoms with Crippen LogP contribution in [0.2, 0.25) is 5.02 Å². The molecule has 1 unspecified atom stereocenters. The van der Waals surface area contributed by atoms with Crippen LogP contribution in [0, 0.1) is 0 Å². The first-order valence-electron chi connectivity index (χ1n) is 5.34. The van der Waals surface area contributed by atoms with Gasteiger partial charge in [-0.25, -0.2) is 0 Å². The van der Waals surface area contributed by atoms with Gasteiger partial charge in [-0.15, -0.1) is 0 Å². The molecule has 1 rings (SSSR count). The molecule has 0 saturated heterocycles. The van der Waals surface area contributed by atoms with E-state index in [1.54, 1.807) is 0 Å². The Morgan fingerprint density at radius 2 is 2.06 bits per heavy atom. The van der Waals surface area contributed by atoms with Crippen LogP contribution in [0.4, 0.5) is 0 Å². The van der Waals surface area contributed by atoms with E-state index >= 15 is 0 Å². The van der Waals surface area contributed by atoms with Crippen molar-refractivity contribution < 1.29 is 4.79 Å². The summed E-state index contributed by atoms with van der Waals surface area (Å²) in [6.45, 7) is 2.43. The van der Waals surface area contributed by atoms with Crippen LogP contribution in [0.5, 0.6) is 0 Å². The maximum absolute atomic E-state index is 11.4. The largest absolute Gasteiger partial charge is 0.352 e. The highest BCUT2D eigenvalue weighted by atomic mass is 35.5. The summed E-state index contributed by atoms with van der Waals surface area (Å²) in [6, 6.07) is 7.49. The average molecular weight is 241 g/mol. The fourth-order valence-corrected chi connectivity index (χ4v) is 1.38. The van der Waals surface area contributed by atoms with Crippen molar-refractivity contribution in [2.75, 3.05) is 0 Å². The molecule has 0 heterocycles. The zero-order valence-corrected chi connectivity index (χ0v) is 10.1. The Kier molecular flexibility index (Phi) is 5.29. The zero-order valence-electron chi connectivity index (χ0n) is 9.37. The fourth-order valence-electron chi connectivity index (χ4n) is 1.25. The molecule has 0 aliphatic rings. The van der Waals surface area contributed by atoms with Crippen molar-refractivity contribution >= 4 is 17.5 Å². The van der Waals surface area contributed by atoms with Crippen LogP contribution in [0.1, 0.15) is 25.3 Å². The van der Waals surface area contributed by atoms with Gasteiger partial charge in [-0.3, -0.25) is 4.79 Å². The van der Waals surface area contributed by atoms with Gasteiger partial charge in [-0.2, -0.15) is 0 Å². The molecule has 1 aromatic carbocycles. The van der Waals surface area contributed by atoms with Crippen LogP contribution >= 0.6 is 11.6 Å². The third kappa shape index (κ3) is 5.14. The van der Waals surface area contributed by atoms with Crippen LogP contribution in [-0.2, 0) is 11.3 Å². The number of carbonyl (C=O) groups is 1. The van der Waals surface area contributed by atoms with Gasteiger partial charge in [0, 0.05) is 24.0 Å². The highest BCUT2D eigenvalue weighted by Gasteiger charge is 2.03. The normalized spacial score (nSPS) is 12.2. The molecule has 16 heavy (non-hydrogen) atoms. The molecule has 0 aromatic heterocycles. The van der Waals surface area contributed by atoms with E-state index in [0.29, 0.717) is 24.4 Å². The number of hydrogen-bond acceptors (Lipinski definition) is 2. The Morgan fingerprint density at radius 1 is 1.44 bits per heavy atom. The first-order chi connectivity index (χ1) is 7.58. The van der Waals surface area contributed by atoms with Gasteiger partial charge in [0.2, 0.25) is 5.91 Å². The van der Waals surface area contributed by atoms with Gasteiger partial charge in [0.25, 0.3) is 0 Å². The lowest BCUT2D eigenvalue weighted by atomic mass is 10.2. The highest BCUT2D eigenvalue weighted by Crippen LogP contribution is 2.09. The van der Waals surface area contributed by atoms with Gasteiger partial charge in [0.1, 0.15) is 0 Å². The summed E-state index contributed by atoms with van der Waals surface area (Å²) in [5.74, 6) is 0.0345. The second-order valence-corrected chi connectivity index (χ2v) is 4.36. The summed E-state index contributed by atoms with van der Waals surface area (Å²) in [4.78, 5) is 11.4.